The summed E-state index contributed by atoms with van der Waals surface area (Å²) in [6.45, 7) is 6.78. The number of hydrogen-bond acceptors (Lipinski definition) is 10. The number of nitrogens with zero attached hydrogens (tertiary/aromatic N) is 5. The van der Waals surface area contributed by atoms with Crippen LogP contribution in [0.5, 0.6) is 5.75 Å². The number of aryl methyl sites for hydroxylation is 1. The van der Waals surface area contributed by atoms with Crippen LogP contribution in [0.1, 0.15) is 63.0 Å². The molecule has 2 fully saturated rings. The average Bonchev–Trinajstić information content (AvgIpc) is 3.70. The first-order chi connectivity index (χ1) is 22.0. The molecular formula is C33H41N7O5S. The number of nitrogens with one attached hydrogen (secondary N) is 2. The third kappa shape index (κ3) is 6.25. The second-order valence-electron chi connectivity index (χ2n) is 12.5. The minimum absolute atomic E-state index is 0.0544. The van der Waals surface area contributed by atoms with E-state index in [0.29, 0.717) is 60.6 Å². The standard InChI is InChI=1S/C33H41N7O5S/c1-20(2)46(43,44)29-8-6-5-7-26(29)36-33-38-32(37-30-11-14-34-40(30)33)35-27-17-21(3)25(19-28(27)45-4)22-12-15-39(16-13-22)31(42)23-9-10-24(41)18-23/h5-8,11,14,17,19-20,22-24,41H,9-10,12-13,15-16,18H2,1-4H3,(H2,35,36,37,38)/t23-,24+/m0/s1. The maximum absolute atomic E-state index is 13.1. The number of aliphatic hydroxyl groups excluding tert-OH is 1. The number of likely N-dealkylation sites (tertiary alicyclic amines) is 1. The molecule has 3 heterocycles. The molecule has 1 saturated carbocycles. The number of methoxy groups -OCH3 is 1. The Morgan fingerprint density at radius 2 is 1.78 bits per heavy atom. The summed E-state index contributed by atoms with van der Waals surface area (Å²) in [7, 11) is -1.94. The molecule has 6 rings (SSSR count). The molecule has 13 heteroatoms. The Kier molecular flexibility index (Phi) is 8.88. The van der Waals surface area contributed by atoms with E-state index in [1.54, 1.807) is 57.5 Å². The predicted octanol–water partition coefficient (Wildman–Crippen LogP) is 4.98. The predicted molar refractivity (Wildman–Crippen MR) is 176 cm³/mol. The van der Waals surface area contributed by atoms with Gasteiger partial charge in [0.05, 0.1) is 40.9 Å². The minimum atomic E-state index is -3.56. The fraction of sp³-hybridized carbons (Fsp3) is 0.455. The van der Waals surface area contributed by atoms with Gasteiger partial charge in [0.25, 0.3) is 0 Å². The second-order valence-corrected chi connectivity index (χ2v) is 15.0. The van der Waals surface area contributed by atoms with Gasteiger partial charge < -0.3 is 25.4 Å². The van der Waals surface area contributed by atoms with Crippen molar-refractivity contribution in [3.05, 3.63) is 59.8 Å². The molecule has 244 valence electrons. The molecule has 12 nitrogen and oxygen atoms in total. The van der Waals surface area contributed by atoms with Crippen molar-refractivity contribution in [1.29, 1.82) is 0 Å². The highest BCUT2D eigenvalue weighted by molar-refractivity contribution is 7.92. The molecular weight excluding hydrogens is 606 g/mol. The van der Waals surface area contributed by atoms with Gasteiger partial charge in [-0.3, -0.25) is 4.79 Å². The number of ether oxygens (including phenoxy) is 1. The Labute approximate surface area is 269 Å². The normalized spacial score (nSPS) is 19.1. The first kappa shape index (κ1) is 31.7. The Morgan fingerprint density at radius 1 is 1.02 bits per heavy atom. The van der Waals surface area contributed by atoms with Gasteiger partial charge in [0.1, 0.15) is 5.75 Å². The summed E-state index contributed by atoms with van der Waals surface area (Å²) in [4.78, 5) is 24.4. The number of fused-ring (bicyclic) bond motifs is 1. The van der Waals surface area contributed by atoms with Gasteiger partial charge in [0, 0.05) is 25.1 Å². The van der Waals surface area contributed by atoms with Gasteiger partial charge in [-0.15, -0.1) is 0 Å². The summed E-state index contributed by atoms with van der Waals surface area (Å²) >= 11 is 0. The molecule has 1 aliphatic carbocycles. The molecule has 46 heavy (non-hydrogen) atoms. The summed E-state index contributed by atoms with van der Waals surface area (Å²) in [6, 6.07) is 12.6. The molecule has 2 aromatic carbocycles. The Balaban J connectivity index is 1.23. The molecule has 1 aliphatic heterocycles. The number of sulfone groups is 1. The average molecular weight is 648 g/mol. The molecule has 1 amide bonds. The molecule has 2 atom stereocenters. The molecule has 3 N–H and O–H groups in total. The lowest BCUT2D eigenvalue weighted by Crippen LogP contribution is -2.41. The lowest BCUT2D eigenvalue weighted by molar-refractivity contribution is -0.136. The van der Waals surface area contributed by atoms with Crippen LogP contribution >= 0.6 is 0 Å². The van der Waals surface area contributed by atoms with Crippen LogP contribution < -0.4 is 15.4 Å². The number of para-hydroxylation sites is 1. The van der Waals surface area contributed by atoms with Crippen LogP contribution in [0.4, 0.5) is 23.3 Å². The van der Waals surface area contributed by atoms with Crippen molar-refractivity contribution < 1.29 is 23.1 Å². The third-order valence-corrected chi connectivity index (χ3v) is 11.4. The van der Waals surface area contributed by atoms with Crippen LogP contribution in [0, 0.1) is 12.8 Å². The number of amides is 1. The summed E-state index contributed by atoms with van der Waals surface area (Å²) in [5.74, 6) is 1.63. The van der Waals surface area contributed by atoms with Crippen LogP contribution in [-0.4, -0.2) is 75.5 Å². The molecule has 2 aliphatic rings. The highest BCUT2D eigenvalue weighted by Gasteiger charge is 2.34. The monoisotopic (exact) mass is 647 g/mol. The van der Waals surface area contributed by atoms with Crippen molar-refractivity contribution in [2.75, 3.05) is 30.8 Å². The smallest absolute Gasteiger partial charge is 0.233 e. The number of aliphatic hydroxyl groups is 1. The maximum atomic E-state index is 13.1. The van der Waals surface area contributed by atoms with Crippen molar-refractivity contribution in [2.24, 2.45) is 5.92 Å². The van der Waals surface area contributed by atoms with Gasteiger partial charge >= 0.3 is 0 Å². The molecule has 0 bridgehead atoms. The zero-order valence-corrected chi connectivity index (χ0v) is 27.4. The van der Waals surface area contributed by atoms with Crippen LogP contribution in [-0.2, 0) is 14.6 Å². The summed E-state index contributed by atoms with van der Waals surface area (Å²) < 4.78 is 33.5. The largest absolute Gasteiger partial charge is 0.495 e. The van der Waals surface area contributed by atoms with Crippen LogP contribution in [0.2, 0.25) is 0 Å². The van der Waals surface area contributed by atoms with Gasteiger partial charge in [-0.05, 0) is 94.2 Å². The van der Waals surface area contributed by atoms with E-state index in [9.17, 15) is 18.3 Å². The molecule has 4 aromatic rings. The van der Waals surface area contributed by atoms with E-state index in [1.165, 1.54) is 10.1 Å². The van der Waals surface area contributed by atoms with Gasteiger partial charge in [-0.1, -0.05) is 12.1 Å². The number of aromatic nitrogens is 4. The summed E-state index contributed by atoms with van der Waals surface area (Å²) in [5, 5.41) is 20.1. The summed E-state index contributed by atoms with van der Waals surface area (Å²) in [5.41, 5.74) is 3.87. The van der Waals surface area contributed by atoms with Crippen molar-refractivity contribution in [2.45, 2.75) is 75.0 Å². The van der Waals surface area contributed by atoms with Crippen molar-refractivity contribution in [3.8, 4) is 5.75 Å². The van der Waals surface area contributed by atoms with Crippen LogP contribution in [0.3, 0.4) is 0 Å². The first-order valence-electron chi connectivity index (χ1n) is 15.8. The quantitative estimate of drug-likeness (QED) is 0.227. The molecule has 0 unspecified atom stereocenters. The van der Waals surface area contributed by atoms with Gasteiger partial charge in [0.15, 0.2) is 15.5 Å². The highest BCUT2D eigenvalue weighted by Crippen LogP contribution is 2.38. The van der Waals surface area contributed by atoms with E-state index in [-0.39, 0.29) is 28.8 Å². The Morgan fingerprint density at radius 3 is 2.48 bits per heavy atom. The molecule has 2 aromatic heterocycles. The Bertz CT molecular complexity index is 1850. The van der Waals surface area contributed by atoms with E-state index in [1.807, 2.05) is 11.0 Å². The maximum Gasteiger partial charge on any atom is 0.233 e. The SMILES string of the molecule is COc1cc(C2CCN(C(=O)[C@H]3CC[C@@H](O)C3)CC2)c(C)cc1Nc1nc(Nc2ccccc2S(=O)(=O)C(C)C)n2nccc2n1. The minimum Gasteiger partial charge on any atom is -0.495 e. The fourth-order valence-corrected chi connectivity index (χ4v) is 7.74. The highest BCUT2D eigenvalue weighted by atomic mass is 32.2. The molecule has 1 saturated heterocycles. The fourth-order valence-electron chi connectivity index (χ4n) is 6.54. The van der Waals surface area contributed by atoms with Crippen molar-refractivity contribution in [1.82, 2.24) is 24.5 Å². The van der Waals surface area contributed by atoms with E-state index < -0.39 is 15.1 Å². The van der Waals surface area contributed by atoms with E-state index in [0.717, 1.165) is 24.8 Å². The first-order valence-corrected chi connectivity index (χ1v) is 17.3. The second kappa shape index (κ2) is 12.9. The third-order valence-electron chi connectivity index (χ3n) is 9.15. The molecule has 0 radical (unpaired) electrons. The van der Waals surface area contributed by atoms with Crippen molar-refractivity contribution >= 4 is 44.7 Å². The number of hydrogen-bond donors (Lipinski definition) is 3. The van der Waals surface area contributed by atoms with Gasteiger partial charge in [0.2, 0.25) is 17.8 Å². The van der Waals surface area contributed by atoms with Crippen LogP contribution in [0.15, 0.2) is 53.6 Å². The van der Waals surface area contributed by atoms with Crippen LogP contribution in [0.25, 0.3) is 5.65 Å². The van der Waals surface area contributed by atoms with E-state index in [4.69, 9.17) is 4.74 Å². The topological polar surface area (TPSA) is 151 Å². The number of carbonyl (C=O) groups excluding carboxylic acids is 1. The number of anilines is 4. The zero-order valence-electron chi connectivity index (χ0n) is 26.6. The van der Waals surface area contributed by atoms with Crippen molar-refractivity contribution in [3.63, 3.8) is 0 Å². The van der Waals surface area contributed by atoms with E-state index >= 15 is 0 Å². The number of carbonyl (C=O) groups is 1. The van der Waals surface area contributed by atoms with Gasteiger partial charge in [-0.25, -0.2) is 8.42 Å². The number of benzene rings is 2. The number of piperidine rings is 1. The molecule has 0 spiro atoms. The van der Waals surface area contributed by atoms with Gasteiger partial charge in [-0.2, -0.15) is 19.6 Å². The Hall–Kier alpha value is -4.23. The summed E-state index contributed by atoms with van der Waals surface area (Å²) in [6.07, 6.45) is 5.03. The number of rotatable bonds is 9. The lowest BCUT2D eigenvalue weighted by Gasteiger charge is -2.34. The lowest BCUT2D eigenvalue weighted by atomic mass is 9.86. The zero-order chi connectivity index (χ0) is 32.6. The van der Waals surface area contributed by atoms with E-state index in [2.05, 4.69) is 38.7 Å².